The molecule has 0 radical (unpaired) electrons. The van der Waals surface area contributed by atoms with Crippen molar-refractivity contribution in [1.29, 1.82) is 0 Å². The van der Waals surface area contributed by atoms with Crippen LogP contribution in [0.15, 0.2) is 63.5 Å². The van der Waals surface area contributed by atoms with Crippen LogP contribution in [0, 0.1) is 6.92 Å². The molecule has 8 heteroatoms. The molecule has 0 saturated heterocycles. The molecule has 0 saturated carbocycles. The van der Waals surface area contributed by atoms with Crippen LogP contribution in [0.1, 0.15) is 23.8 Å². The summed E-state index contributed by atoms with van der Waals surface area (Å²) in [5, 5.41) is 14.7. The van der Waals surface area contributed by atoms with Crippen LogP contribution in [-0.4, -0.2) is 26.2 Å². The van der Waals surface area contributed by atoms with Crippen molar-refractivity contribution < 1.29 is 13.7 Å². The molecule has 4 aromatic rings. The van der Waals surface area contributed by atoms with Gasteiger partial charge in [0, 0.05) is 24.0 Å². The summed E-state index contributed by atoms with van der Waals surface area (Å²) < 4.78 is 10.8. The predicted octanol–water partition coefficient (Wildman–Crippen LogP) is 3.34. The third-order valence-electron chi connectivity index (χ3n) is 4.34. The highest BCUT2D eigenvalue weighted by Gasteiger charge is 2.13. The molecule has 0 aliphatic heterocycles. The van der Waals surface area contributed by atoms with E-state index in [1.807, 2.05) is 61.5 Å². The maximum atomic E-state index is 12.1. The lowest BCUT2D eigenvalue weighted by Crippen LogP contribution is -2.23. The van der Waals surface area contributed by atoms with Crippen molar-refractivity contribution in [3.63, 3.8) is 0 Å². The average Bonchev–Trinajstić information content (AvgIpc) is 3.41. The number of hydrogen-bond donors (Lipinski definition) is 1. The van der Waals surface area contributed by atoms with Crippen LogP contribution >= 0.6 is 0 Å². The molecule has 0 atom stereocenters. The fraction of sp³-hybridized carbons (Fsp3) is 0.190. The minimum Gasteiger partial charge on any atom is -0.419 e. The fourth-order valence-electron chi connectivity index (χ4n) is 2.80. The van der Waals surface area contributed by atoms with E-state index in [1.54, 1.807) is 0 Å². The zero-order valence-corrected chi connectivity index (χ0v) is 15.8. The number of aryl methyl sites for hydroxylation is 2. The van der Waals surface area contributed by atoms with Gasteiger partial charge in [0.05, 0.1) is 6.54 Å². The normalized spacial score (nSPS) is 10.8. The zero-order chi connectivity index (χ0) is 20.1. The maximum absolute atomic E-state index is 12.1. The van der Waals surface area contributed by atoms with Gasteiger partial charge in [-0.05, 0) is 24.6 Å². The number of nitrogens with one attached hydrogen (secondary N) is 1. The van der Waals surface area contributed by atoms with Crippen LogP contribution in [0.5, 0.6) is 0 Å². The average molecular weight is 389 g/mol. The summed E-state index contributed by atoms with van der Waals surface area (Å²) in [6.45, 7) is 2.15. The van der Waals surface area contributed by atoms with Crippen molar-refractivity contribution in [3.8, 4) is 22.8 Å². The largest absolute Gasteiger partial charge is 0.419 e. The number of carbonyl (C=O) groups excluding carboxylic acids is 1. The molecular weight excluding hydrogens is 370 g/mol. The molecule has 146 valence electrons. The molecular formula is C21H19N5O3. The number of carbonyl (C=O) groups is 1. The summed E-state index contributed by atoms with van der Waals surface area (Å²) >= 11 is 0. The molecule has 0 fully saturated rings. The highest BCUT2D eigenvalue weighted by molar-refractivity contribution is 5.75. The molecule has 2 heterocycles. The van der Waals surface area contributed by atoms with Gasteiger partial charge in [-0.15, -0.1) is 10.2 Å². The van der Waals surface area contributed by atoms with Gasteiger partial charge in [0.1, 0.15) is 0 Å². The van der Waals surface area contributed by atoms with Crippen LogP contribution in [0.25, 0.3) is 22.8 Å². The van der Waals surface area contributed by atoms with E-state index < -0.39 is 0 Å². The molecule has 8 nitrogen and oxygen atoms in total. The minimum absolute atomic E-state index is 0.164. The van der Waals surface area contributed by atoms with E-state index in [2.05, 4.69) is 25.7 Å². The van der Waals surface area contributed by atoms with Crippen molar-refractivity contribution in [2.45, 2.75) is 26.3 Å². The van der Waals surface area contributed by atoms with Gasteiger partial charge in [0.25, 0.3) is 0 Å². The van der Waals surface area contributed by atoms with Crippen LogP contribution in [-0.2, 0) is 17.8 Å². The Morgan fingerprint density at radius 1 is 1.00 bits per heavy atom. The summed E-state index contributed by atoms with van der Waals surface area (Å²) in [4.78, 5) is 16.5. The fourth-order valence-corrected chi connectivity index (χ4v) is 2.80. The Labute approximate surface area is 167 Å². The molecule has 4 rings (SSSR count). The van der Waals surface area contributed by atoms with Gasteiger partial charge in [-0.25, -0.2) is 0 Å². The highest BCUT2D eigenvalue weighted by atomic mass is 16.5. The number of benzene rings is 2. The first kappa shape index (κ1) is 18.5. The molecule has 2 aromatic carbocycles. The number of amides is 1. The lowest BCUT2D eigenvalue weighted by atomic mass is 10.1. The van der Waals surface area contributed by atoms with E-state index in [4.69, 9.17) is 8.94 Å². The lowest BCUT2D eigenvalue weighted by molar-refractivity contribution is -0.121. The molecule has 0 spiro atoms. The molecule has 0 bridgehead atoms. The summed E-state index contributed by atoms with van der Waals surface area (Å²) in [6.07, 6.45) is 0.568. The van der Waals surface area contributed by atoms with Gasteiger partial charge in [-0.1, -0.05) is 47.6 Å². The Hall–Kier alpha value is -3.81. The van der Waals surface area contributed by atoms with Gasteiger partial charge in [-0.3, -0.25) is 4.79 Å². The maximum Gasteiger partial charge on any atom is 0.247 e. The quantitative estimate of drug-likeness (QED) is 0.516. The van der Waals surface area contributed by atoms with E-state index in [-0.39, 0.29) is 18.9 Å². The Kier molecular flexibility index (Phi) is 5.42. The predicted molar refractivity (Wildman–Crippen MR) is 104 cm³/mol. The SMILES string of the molecule is Cc1ccccc1-c1noc(CCC(=O)NCc2nnc(-c3ccccc3)o2)n1. The zero-order valence-electron chi connectivity index (χ0n) is 15.8. The third kappa shape index (κ3) is 4.55. The topological polar surface area (TPSA) is 107 Å². The molecule has 0 aliphatic rings. The summed E-state index contributed by atoms with van der Waals surface area (Å²) in [5.41, 5.74) is 2.81. The van der Waals surface area contributed by atoms with Gasteiger partial charge in [0.15, 0.2) is 0 Å². The Morgan fingerprint density at radius 2 is 1.79 bits per heavy atom. The second-order valence-corrected chi connectivity index (χ2v) is 6.47. The van der Waals surface area contributed by atoms with Crippen molar-refractivity contribution in [1.82, 2.24) is 25.7 Å². The highest BCUT2D eigenvalue weighted by Crippen LogP contribution is 2.20. The van der Waals surface area contributed by atoms with Crippen LogP contribution in [0.4, 0.5) is 0 Å². The monoisotopic (exact) mass is 389 g/mol. The summed E-state index contributed by atoms with van der Waals surface area (Å²) in [5.74, 6) is 1.54. The Balaban J connectivity index is 1.28. The van der Waals surface area contributed by atoms with E-state index >= 15 is 0 Å². The smallest absolute Gasteiger partial charge is 0.247 e. The second-order valence-electron chi connectivity index (χ2n) is 6.47. The van der Waals surface area contributed by atoms with Crippen molar-refractivity contribution in [3.05, 3.63) is 71.9 Å². The number of rotatable bonds is 7. The third-order valence-corrected chi connectivity index (χ3v) is 4.34. The van der Waals surface area contributed by atoms with Crippen molar-refractivity contribution in [2.24, 2.45) is 0 Å². The van der Waals surface area contributed by atoms with Crippen LogP contribution in [0.2, 0.25) is 0 Å². The molecule has 0 unspecified atom stereocenters. The first-order valence-corrected chi connectivity index (χ1v) is 9.22. The van der Waals surface area contributed by atoms with Crippen molar-refractivity contribution >= 4 is 5.91 Å². The van der Waals surface area contributed by atoms with Crippen molar-refractivity contribution in [2.75, 3.05) is 0 Å². The van der Waals surface area contributed by atoms with Gasteiger partial charge in [-0.2, -0.15) is 4.98 Å². The Morgan fingerprint density at radius 3 is 2.62 bits per heavy atom. The van der Waals surface area contributed by atoms with Gasteiger partial charge >= 0.3 is 0 Å². The first-order chi connectivity index (χ1) is 14.2. The lowest BCUT2D eigenvalue weighted by Gasteiger charge is -2.00. The first-order valence-electron chi connectivity index (χ1n) is 9.22. The van der Waals surface area contributed by atoms with E-state index in [9.17, 15) is 4.79 Å². The van der Waals surface area contributed by atoms with Gasteiger partial charge in [0.2, 0.25) is 29.4 Å². The van der Waals surface area contributed by atoms with E-state index in [0.717, 1.165) is 16.7 Å². The molecule has 1 amide bonds. The van der Waals surface area contributed by atoms with E-state index in [0.29, 0.717) is 29.9 Å². The number of hydrogen-bond acceptors (Lipinski definition) is 7. The molecule has 0 aliphatic carbocycles. The minimum atomic E-state index is -0.167. The number of nitrogens with zero attached hydrogens (tertiary/aromatic N) is 4. The number of aromatic nitrogens is 4. The summed E-state index contributed by atoms with van der Waals surface area (Å²) in [7, 11) is 0. The van der Waals surface area contributed by atoms with E-state index in [1.165, 1.54) is 0 Å². The van der Waals surface area contributed by atoms with Crippen LogP contribution < -0.4 is 5.32 Å². The molecule has 1 N–H and O–H groups in total. The molecule has 29 heavy (non-hydrogen) atoms. The second kappa shape index (κ2) is 8.47. The Bertz CT molecular complexity index is 1100. The standard InChI is InChI=1S/C21H19N5O3/c1-14-7-5-6-10-16(14)20-23-18(29-26-20)12-11-17(27)22-13-19-24-25-21(28-19)15-8-3-2-4-9-15/h2-10H,11-13H2,1H3,(H,22,27). The van der Waals surface area contributed by atoms with Crippen LogP contribution in [0.3, 0.4) is 0 Å². The van der Waals surface area contributed by atoms with Gasteiger partial charge < -0.3 is 14.3 Å². The molecule has 2 aromatic heterocycles. The summed E-state index contributed by atoms with van der Waals surface area (Å²) in [6, 6.07) is 17.3.